The van der Waals surface area contributed by atoms with E-state index in [1.807, 2.05) is 0 Å². The molecule has 1 heterocycles. The van der Waals surface area contributed by atoms with Crippen molar-refractivity contribution in [2.45, 2.75) is 31.4 Å². The van der Waals surface area contributed by atoms with Crippen LogP contribution in [0.2, 0.25) is 0 Å². The summed E-state index contributed by atoms with van der Waals surface area (Å²) in [6, 6.07) is 5.09. The van der Waals surface area contributed by atoms with Crippen molar-refractivity contribution in [2.24, 2.45) is 0 Å². The van der Waals surface area contributed by atoms with Gasteiger partial charge in [0.25, 0.3) is 0 Å². The fourth-order valence-corrected chi connectivity index (χ4v) is 2.19. The molecular weight excluding hydrogens is 293 g/mol. The number of nitrogens with zero attached hydrogens (tertiary/aromatic N) is 2. The van der Waals surface area contributed by atoms with E-state index < -0.39 is 18.0 Å². The Balaban J connectivity index is 2.48. The number of aromatic nitrogens is 2. The van der Waals surface area contributed by atoms with Crippen LogP contribution in [0.25, 0.3) is 11.0 Å². The van der Waals surface area contributed by atoms with E-state index in [9.17, 15) is 13.2 Å². The molecule has 0 N–H and O–H groups in total. The maximum Gasteiger partial charge on any atom is 0.390 e. The van der Waals surface area contributed by atoms with Crippen LogP contribution in [-0.4, -0.2) is 22.8 Å². The van der Waals surface area contributed by atoms with Crippen molar-refractivity contribution < 1.29 is 17.9 Å². The van der Waals surface area contributed by atoms with Crippen LogP contribution in [-0.2, 0) is 6.54 Å². The fraction of sp³-hybridized carbons (Fsp3) is 0.462. The van der Waals surface area contributed by atoms with Gasteiger partial charge in [0.15, 0.2) is 0 Å². The second kappa shape index (κ2) is 5.52. The Labute approximate surface area is 119 Å². The molecule has 0 aliphatic rings. The van der Waals surface area contributed by atoms with Gasteiger partial charge in [-0.2, -0.15) is 13.2 Å². The average Bonchev–Trinajstić information content (AvgIpc) is 2.73. The second-order valence-corrected chi connectivity index (χ2v) is 5.11. The summed E-state index contributed by atoms with van der Waals surface area (Å²) >= 11 is 6.01. The highest BCUT2D eigenvalue weighted by molar-refractivity contribution is 6.20. The molecule has 7 heteroatoms. The van der Waals surface area contributed by atoms with Crippen LogP contribution >= 0.6 is 11.6 Å². The quantitative estimate of drug-likeness (QED) is 0.788. The molecule has 0 aliphatic carbocycles. The first kappa shape index (κ1) is 15.0. The molecule has 0 spiro atoms. The number of ether oxygens (including phenoxy) is 1. The summed E-state index contributed by atoms with van der Waals surface area (Å²) in [6.07, 6.45) is -5.14. The molecule has 2 rings (SSSR count). The number of halogens is 4. The highest BCUT2D eigenvalue weighted by Gasteiger charge is 2.28. The van der Waals surface area contributed by atoms with Gasteiger partial charge in [0.2, 0.25) is 0 Å². The van der Waals surface area contributed by atoms with E-state index >= 15 is 0 Å². The van der Waals surface area contributed by atoms with Gasteiger partial charge in [0, 0.05) is 12.6 Å². The van der Waals surface area contributed by atoms with Crippen molar-refractivity contribution in [2.75, 3.05) is 7.11 Å². The highest BCUT2D eigenvalue weighted by Crippen LogP contribution is 2.29. The van der Waals surface area contributed by atoms with Crippen molar-refractivity contribution >= 4 is 22.6 Å². The molecule has 0 saturated heterocycles. The second-order valence-electron chi connectivity index (χ2n) is 4.46. The van der Waals surface area contributed by atoms with Gasteiger partial charge >= 0.3 is 6.18 Å². The summed E-state index contributed by atoms with van der Waals surface area (Å²) in [5.74, 6) is 0.999. The zero-order valence-corrected chi connectivity index (χ0v) is 11.8. The van der Waals surface area contributed by atoms with Crippen molar-refractivity contribution in [1.82, 2.24) is 9.55 Å². The van der Waals surface area contributed by atoms with Crippen molar-refractivity contribution in [3.8, 4) is 5.75 Å². The number of benzene rings is 1. The summed E-state index contributed by atoms with van der Waals surface area (Å²) in [5.41, 5.74) is 1.20. The van der Waals surface area contributed by atoms with E-state index in [4.69, 9.17) is 16.3 Å². The van der Waals surface area contributed by atoms with E-state index in [1.165, 1.54) is 11.7 Å². The first-order valence-corrected chi connectivity index (χ1v) is 6.50. The van der Waals surface area contributed by atoms with E-state index in [0.717, 1.165) is 0 Å². The summed E-state index contributed by atoms with van der Waals surface area (Å²) in [6.45, 7) is 1.48. The number of rotatable bonds is 4. The number of methoxy groups -OCH3 is 1. The standard InChI is InChI=1S/C13H14ClF3N2O/c1-8(14)12-18-10-4-3-9(20-2)7-11(10)19(12)6-5-13(15,16)17/h3-4,7-8H,5-6H2,1-2H3. The normalized spacial score (nSPS) is 13.7. The van der Waals surface area contributed by atoms with Gasteiger partial charge in [-0.3, -0.25) is 0 Å². The van der Waals surface area contributed by atoms with Crippen LogP contribution in [0, 0.1) is 0 Å². The molecule has 0 bridgehead atoms. The minimum Gasteiger partial charge on any atom is -0.497 e. The van der Waals surface area contributed by atoms with Gasteiger partial charge in [0.1, 0.15) is 11.6 Å². The Morgan fingerprint density at radius 2 is 2.10 bits per heavy atom. The summed E-state index contributed by atoms with van der Waals surface area (Å²) in [7, 11) is 1.50. The number of aryl methyl sites for hydroxylation is 1. The molecule has 20 heavy (non-hydrogen) atoms. The first-order chi connectivity index (χ1) is 9.31. The third-order valence-electron chi connectivity index (χ3n) is 2.96. The van der Waals surface area contributed by atoms with Crippen LogP contribution in [0.1, 0.15) is 24.5 Å². The van der Waals surface area contributed by atoms with Crippen molar-refractivity contribution in [1.29, 1.82) is 0 Å². The lowest BCUT2D eigenvalue weighted by atomic mass is 10.3. The molecule has 0 aliphatic heterocycles. The molecule has 1 aromatic carbocycles. The molecular formula is C13H14ClF3N2O. The largest absolute Gasteiger partial charge is 0.497 e. The Morgan fingerprint density at radius 1 is 1.40 bits per heavy atom. The zero-order chi connectivity index (χ0) is 14.9. The molecule has 1 atom stereocenters. The Morgan fingerprint density at radius 3 is 2.65 bits per heavy atom. The molecule has 110 valence electrons. The SMILES string of the molecule is COc1ccc2nc(C(C)Cl)n(CCC(F)(F)F)c2c1. The monoisotopic (exact) mass is 306 g/mol. The lowest BCUT2D eigenvalue weighted by Gasteiger charge is -2.12. The Bertz CT molecular complexity index is 607. The number of hydrogen-bond acceptors (Lipinski definition) is 2. The molecule has 1 aromatic heterocycles. The van der Waals surface area contributed by atoms with E-state index in [2.05, 4.69) is 4.98 Å². The highest BCUT2D eigenvalue weighted by atomic mass is 35.5. The van der Waals surface area contributed by atoms with E-state index in [1.54, 1.807) is 25.1 Å². The topological polar surface area (TPSA) is 27.1 Å². The molecule has 0 saturated carbocycles. The third-order valence-corrected chi connectivity index (χ3v) is 3.15. The molecule has 0 radical (unpaired) electrons. The van der Waals surface area contributed by atoms with Gasteiger partial charge < -0.3 is 9.30 Å². The minimum atomic E-state index is -4.22. The zero-order valence-electron chi connectivity index (χ0n) is 11.0. The van der Waals surface area contributed by atoms with Crippen LogP contribution in [0.5, 0.6) is 5.75 Å². The predicted octanol–water partition coefficient (Wildman–Crippen LogP) is 4.30. The predicted molar refractivity (Wildman–Crippen MR) is 71.2 cm³/mol. The number of hydrogen-bond donors (Lipinski definition) is 0. The van der Waals surface area contributed by atoms with Gasteiger partial charge in [-0.1, -0.05) is 0 Å². The number of alkyl halides is 4. The van der Waals surface area contributed by atoms with E-state index in [0.29, 0.717) is 22.6 Å². The lowest BCUT2D eigenvalue weighted by Crippen LogP contribution is -2.14. The molecule has 3 nitrogen and oxygen atoms in total. The van der Waals surface area contributed by atoms with Crippen LogP contribution in [0.4, 0.5) is 13.2 Å². The first-order valence-electron chi connectivity index (χ1n) is 6.07. The molecule has 1 unspecified atom stereocenters. The average molecular weight is 307 g/mol. The number of fused-ring (bicyclic) bond motifs is 1. The van der Waals surface area contributed by atoms with Crippen LogP contribution < -0.4 is 4.74 Å². The minimum absolute atomic E-state index is 0.209. The summed E-state index contributed by atoms with van der Waals surface area (Å²) in [5, 5.41) is -0.471. The summed E-state index contributed by atoms with van der Waals surface area (Å²) in [4.78, 5) is 4.30. The molecule has 0 amide bonds. The van der Waals surface area contributed by atoms with E-state index in [-0.39, 0.29) is 6.54 Å². The van der Waals surface area contributed by atoms with Crippen molar-refractivity contribution in [3.63, 3.8) is 0 Å². The number of imidazole rings is 1. The van der Waals surface area contributed by atoms with Gasteiger partial charge in [-0.05, 0) is 19.1 Å². The maximum atomic E-state index is 12.4. The van der Waals surface area contributed by atoms with Crippen LogP contribution in [0.15, 0.2) is 18.2 Å². The third kappa shape index (κ3) is 3.17. The maximum absolute atomic E-state index is 12.4. The Kier molecular flexibility index (Phi) is 4.13. The summed E-state index contributed by atoms with van der Waals surface area (Å²) < 4.78 is 43.9. The molecule has 0 fully saturated rings. The van der Waals surface area contributed by atoms with Gasteiger partial charge in [-0.25, -0.2) is 4.98 Å². The van der Waals surface area contributed by atoms with Crippen molar-refractivity contribution in [3.05, 3.63) is 24.0 Å². The van der Waals surface area contributed by atoms with Crippen LogP contribution in [0.3, 0.4) is 0 Å². The van der Waals surface area contributed by atoms with Gasteiger partial charge in [-0.15, -0.1) is 11.6 Å². The fourth-order valence-electron chi connectivity index (χ4n) is 2.03. The van der Waals surface area contributed by atoms with Gasteiger partial charge in [0.05, 0.1) is 29.9 Å². The molecule has 2 aromatic rings. The lowest BCUT2D eigenvalue weighted by molar-refractivity contribution is -0.136. The Hall–Kier alpha value is -1.43. The smallest absolute Gasteiger partial charge is 0.390 e.